The van der Waals surface area contributed by atoms with Gasteiger partial charge in [-0.3, -0.25) is 4.57 Å². The van der Waals surface area contributed by atoms with Crippen LogP contribution in [-0.4, -0.2) is 54.8 Å². The summed E-state index contributed by atoms with van der Waals surface area (Å²) in [6, 6.07) is 5.16. The third kappa shape index (κ3) is 2.36. The number of benzene rings is 1. The van der Waals surface area contributed by atoms with Crippen LogP contribution < -0.4 is 0 Å². The van der Waals surface area contributed by atoms with Crippen molar-refractivity contribution in [2.45, 2.75) is 24.5 Å². The number of hydrogen-bond acceptors (Lipinski definition) is 6. The van der Waals surface area contributed by atoms with Gasteiger partial charge >= 0.3 is 0 Å². The van der Waals surface area contributed by atoms with Crippen molar-refractivity contribution in [3.63, 3.8) is 0 Å². The van der Waals surface area contributed by atoms with Crippen molar-refractivity contribution in [2.24, 2.45) is 0 Å². The Labute approximate surface area is 146 Å². The van der Waals surface area contributed by atoms with Gasteiger partial charge in [-0.25, -0.2) is 9.97 Å². The molecular weight excluding hydrogens is 357 g/mol. The molecule has 3 heterocycles. The van der Waals surface area contributed by atoms with Gasteiger partial charge in [-0.05, 0) is 18.2 Å². The highest BCUT2D eigenvalue weighted by Gasteiger charge is 2.43. The lowest BCUT2D eigenvalue weighted by Gasteiger charge is -2.17. The Balaban J connectivity index is 1.85. The van der Waals surface area contributed by atoms with E-state index < -0.39 is 31.1 Å². The number of aromatic nitrogens is 3. The Kier molecular flexibility index (Phi) is 3.87. The summed E-state index contributed by atoms with van der Waals surface area (Å²) < 4.78 is 7.12. The lowest BCUT2D eigenvalue weighted by molar-refractivity contribution is -0.0508. The molecule has 1 fully saturated rings. The van der Waals surface area contributed by atoms with Crippen LogP contribution in [0.2, 0.25) is 10.0 Å². The third-order valence-electron chi connectivity index (χ3n) is 4.19. The second-order valence-corrected chi connectivity index (χ2v) is 6.49. The maximum absolute atomic E-state index is 10.2. The number of hydrogen-bond donors (Lipinski definition) is 3. The van der Waals surface area contributed by atoms with E-state index in [-0.39, 0.29) is 0 Å². The van der Waals surface area contributed by atoms with Gasteiger partial charge in [0.05, 0.1) is 34.0 Å². The first-order valence-electron chi connectivity index (χ1n) is 7.24. The van der Waals surface area contributed by atoms with Crippen LogP contribution in [-0.2, 0) is 4.74 Å². The Morgan fingerprint density at radius 1 is 1.12 bits per heavy atom. The molecule has 4 atom stereocenters. The van der Waals surface area contributed by atoms with Crippen LogP contribution in [0.5, 0.6) is 0 Å². The lowest BCUT2D eigenvalue weighted by Crippen LogP contribution is -2.33. The summed E-state index contributed by atoms with van der Waals surface area (Å²) in [6.07, 6.45) is -2.63. The van der Waals surface area contributed by atoms with E-state index in [9.17, 15) is 15.3 Å². The van der Waals surface area contributed by atoms with Crippen molar-refractivity contribution >= 4 is 45.3 Å². The van der Waals surface area contributed by atoms with Crippen LogP contribution in [0.4, 0.5) is 0 Å². The maximum atomic E-state index is 10.2. The Morgan fingerprint density at radius 3 is 2.58 bits per heavy atom. The largest absolute Gasteiger partial charge is 0.394 e. The SMILES string of the molecule is OC[C@H]1OC(n2cnc3nc4cc(Cl)c(Cl)cc4cc32)[C@H](O)[C@@H]1O. The number of rotatable bonds is 2. The lowest BCUT2D eigenvalue weighted by atomic mass is 10.1. The van der Waals surface area contributed by atoms with Gasteiger partial charge in [0.1, 0.15) is 18.3 Å². The zero-order chi connectivity index (χ0) is 17.0. The Hall–Kier alpha value is -1.48. The smallest absolute Gasteiger partial charge is 0.178 e. The number of aliphatic hydroxyl groups is 3. The molecule has 24 heavy (non-hydrogen) atoms. The van der Waals surface area contributed by atoms with Crippen LogP contribution in [0.1, 0.15) is 6.23 Å². The van der Waals surface area contributed by atoms with E-state index in [1.807, 2.05) is 6.07 Å². The fourth-order valence-electron chi connectivity index (χ4n) is 2.92. The molecule has 3 aromatic rings. The average Bonchev–Trinajstić information content (AvgIpc) is 3.08. The molecule has 9 heteroatoms. The molecule has 1 aliphatic rings. The minimum atomic E-state index is -1.19. The van der Waals surface area contributed by atoms with Crippen molar-refractivity contribution in [3.8, 4) is 0 Å². The molecule has 0 aliphatic carbocycles. The summed E-state index contributed by atoms with van der Waals surface area (Å²) in [5.41, 5.74) is 1.69. The zero-order valence-electron chi connectivity index (χ0n) is 12.2. The monoisotopic (exact) mass is 369 g/mol. The van der Waals surface area contributed by atoms with Crippen molar-refractivity contribution in [1.29, 1.82) is 0 Å². The molecule has 3 N–H and O–H groups in total. The first kappa shape index (κ1) is 16.0. The van der Waals surface area contributed by atoms with Gasteiger partial charge in [-0.15, -0.1) is 0 Å². The normalized spacial score (nSPS) is 27.4. The number of fused-ring (bicyclic) bond motifs is 2. The number of pyridine rings is 1. The fourth-order valence-corrected chi connectivity index (χ4v) is 3.25. The van der Waals surface area contributed by atoms with Gasteiger partial charge in [0.2, 0.25) is 0 Å². The van der Waals surface area contributed by atoms with Gasteiger partial charge < -0.3 is 20.1 Å². The molecule has 126 valence electrons. The second-order valence-electron chi connectivity index (χ2n) is 5.67. The predicted molar refractivity (Wildman–Crippen MR) is 88.1 cm³/mol. The minimum Gasteiger partial charge on any atom is -0.394 e. The summed E-state index contributed by atoms with van der Waals surface area (Å²) in [5.74, 6) is 0. The standard InChI is InChI=1S/C15H13Cl2N3O4/c16-7-1-6-2-10-14(19-9(6)3-8(7)17)18-5-20(10)15-13(23)12(22)11(4-21)24-15/h1-3,5,11-13,15,21-23H,4H2/t11-,12-,13-,15?/m1/s1. The summed E-state index contributed by atoms with van der Waals surface area (Å²) in [5, 5.41) is 30.9. The topological polar surface area (TPSA) is 101 Å². The van der Waals surface area contributed by atoms with Crippen molar-refractivity contribution in [3.05, 3.63) is 34.6 Å². The summed E-state index contributed by atoms with van der Waals surface area (Å²) in [6.45, 7) is -0.392. The maximum Gasteiger partial charge on any atom is 0.178 e. The van der Waals surface area contributed by atoms with Gasteiger partial charge in [0.25, 0.3) is 0 Å². The van der Waals surface area contributed by atoms with Crippen LogP contribution in [0.25, 0.3) is 22.1 Å². The van der Waals surface area contributed by atoms with Crippen LogP contribution in [0.15, 0.2) is 24.5 Å². The highest BCUT2D eigenvalue weighted by molar-refractivity contribution is 6.42. The van der Waals surface area contributed by atoms with E-state index in [4.69, 9.17) is 27.9 Å². The van der Waals surface area contributed by atoms with Crippen molar-refractivity contribution < 1.29 is 20.1 Å². The zero-order valence-corrected chi connectivity index (χ0v) is 13.7. The van der Waals surface area contributed by atoms with Crippen LogP contribution >= 0.6 is 23.2 Å². The molecule has 2 aromatic heterocycles. The highest BCUT2D eigenvalue weighted by Crippen LogP contribution is 2.33. The molecule has 1 unspecified atom stereocenters. The molecule has 0 bridgehead atoms. The predicted octanol–water partition coefficient (Wildman–Crippen LogP) is 1.50. The van der Waals surface area contributed by atoms with Crippen LogP contribution in [0, 0.1) is 0 Å². The van der Waals surface area contributed by atoms with E-state index >= 15 is 0 Å². The van der Waals surface area contributed by atoms with Gasteiger partial charge in [0.15, 0.2) is 11.9 Å². The summed E-state index contributed by atoms with van der Waals surface area (Å²) in [7, 11) is 0. The molecule has 7 nitrogen and oxygen atoms in total. The van der Waals surface area contributed by atoms with Crippen LogP contribution in [0.3, 0.4) is 0 Å². The molecule has 0 saturated carbocycles. The van der Waals surface area contributed by atoms with Crippen molar-refractivity contribution in [1.82, 2.24) is 14.5 Å². The third-order valence-corrected chi connectivity index (χ3v) is 4.91. The molecule has 4 rings (SSSR count). The van der Waals surface area contributed by atoms with E-state index in [0.29, 0.717) is 26.7 Å². The molecule has 1 aromatic carbocycles. The van der Waals surface area contributed by atoms with Gasteiger partial charge in [-0.1, -0.05) is 23.2 Å². The fraction of sp³-hybridized carbons (Fsp3) is 0.333. The first-order chi connectivity index (χ1) is 11.5. The second kappa shape index (κ2) is 5.80. The molecule has 0 spiro atoms. The van der Waals surface area contributed by atoms with Crippen molar-refractivity contribution in [2.75, 3.05) is 6.61 Å². The Morgan fingerprint density at radius 2 is 1.88 bits per heavy atom. The minimum absolute atomic E-state index is 0.392. The first-order valence-corrected chi connectivity index (χ1v) is 8.00. The highest BCUT2D eigenvalue weighted by atomic mass is 35.5. The number of ether oxygens (including phenoxy) is 1. The number of nitrogens with zero attached hydrogens (tertiary/aromatic N) is 3. The van der Waals surface area contributed by atoms with E-state index in [1.165, 1.54) is 6.33 Å². The molecule has 0 radical (unpaired) electrons. The summed E-state index contributed by atoms with van der Waals surface area (Å²) >= 11 is 12.1. The van der Waals surface area contributed by atoms with E-state index in [1.54, 1.807) is 16.7 Å². The summed E-state index contributed by atoms with van der Waals surface area (Å²) in [4.78, 5) is 8.65. The number of imidazole rings is 1. The Bertz CT molecular complexity index is 932. The average molecular weight is 370 g/mol. The quantitative estimate of drug-likeness (QED) is 0.632. The molecule has 1 saturated heterocycles. The van der Waals surface area contributed by atoms with E-state index in [0.717, 1.165) is 5.39 Å². The number of aliphatic hydroxyl groups excluding tert-OH is 3. The molecule has 1 aliphatic heterocycles. The van der Waals surface area contributed by atoms with Gasteiger partial charge in [-0.2, -0.15) is 0 Å². The van der Waals surface area contributed by atoms with Gasteiger partial charge in [0, 0.05) is 5.39 Å². The number of halogens is 2. The molecular formula is C15H13Cl2N3O4. The molecule has 0 amide bonds. The van der Waals surface area contributed by atoms with E-state index in [2.05, 4.69) is 9.97 Å².